The highest BCUT2D eigenvalue weighted by atomic mass is 127. The quantitative estimate of drug-likeness (QED) is 0.301. The molecule has 2 aromatic heterocycles. The van der Waals surface area contributed by atoms with Gasteiger partial charge in [0, 0.05) is 48.9 Å². The van der Waals surface area contributed by atoms with Crippen LogP contribution in [0, 0.1) is 20.8 Å². The number of nitrogens with one attached hydrogen (secondary N) is 2. The Hall–Kier alpha value is -1.94. The van der Waals surface area contributed by atoms with Crippen LogP contribution in [0.25, 0.3) is 5.69 Å². The maximum absolute atomic E-state index is 4.70. The van der Waals surface area contributed by atoms with E-state index >= 15 is 0 Å². The largest absolute Gasteiger partial charge is 0.356 e. The summed E-state index contributed by atoms with van der Waals surface area (Å²) >= 11 is 1.74. The summed E-state index contributed by atoms with van der Waals surface area (Å²) in [5.41, 5.74) is 4.43. The number of aliphatic imine (C=N–C) groups is 1. The Bertz CT molecular complexity index is 916. The van der Waals surface area contributed by atoms with Crippen LogP contribution in [0.2, 0.25) is 0 Å². The van der Waals surface area contributed by atoms with Crippen molar-refractivity contribution in [1.82, 2.24) is 25.4 Å². The molecule has 0 radical (unpaired) electrons. The number of aryl methyl sites for hydroxylation is 2. The van der Waals surface area contributed by atoms with Crippen LogP contribution in [-0.2, 0) is 13.0 Å². The first-order chi connectivity index (χ1) is 13.1. The predicted octanol–water partition coefficient (Wildman–Crippen LogP) is 3.78. The van der Waals surface area contributed by atoms with Crippen LogP contribution >= 0.6 is 35.3 Å². The molecule has 0 atom stereocenters. The van der Waals surface area contributed by atoms with Gasteiger partial charge in [0.15, 0.2) is 5.96 Å². The fraction of sp³-hybridized carbons (Fsp3) is 0.350. The second-order valence-corrected chi connectivity index (χ2v) is 7.68. The van der Waals surface area contributed by atoms with E-state index in [2.05, 4.69) is 46.6 Å². The molecule has 6 nitrogen and oxygen atoms in total. The maximum Gasteiger partial charge on any atom is 0.191 e. The Kier molecular flexibility index (Phi) is 8.43. The molecule has 2 N–H and O–H groups in total. The van der Waals surface area contributed by atoms with Gasteiger partial charge >= 0.3 is 0 Å². The third-order valence-corrected chi connectivity index (χ3v) is 5.37. The lowest BCUT2D eigenvalue weighted by Crippen LogP contribution is -2.38. The Morgan fingerprint density at radius 3 is 2.54 bits per heavy atom. The van der Waals surface area contributed by atoms with Gasteiger partial charge in [-0.1, -0.05) is 18.2 Å². The zero-order valence-corrected chi connectivity index (χ0v) is 19.8. The summed E-state index contributed by atoms with van der Waals surface area (Å²) in [6, 6.07) is 10.2. The fourth-order valence-electron chi connectivity index (χ4n) is 2.95. The Labute approximate surface area is 187 Å². The van der Waals surface area contributed by atoms with Crippen LogP contribution in [0.4, 0.5) is 0 Å². The van der Waals surface area contributed by atoms with Crippen LogP contribution in [0.5, 0.6) is 0 Å². The lowest BCUT2D eigenvalue weighted by Gasteiger charge is -2.12. The highest BCUT2D eigenvalue weighted by Gasteiger charge is 2.13. The lowest BCUT2D eigenvalue weighted by molar-refractivity contribution is 0.786. The van der Waals surface area contributed by atoms with E-state index in [9.17, 15) is 0 Å². The average molecular weight is 510 g/mol. The third kappa shape index (κ3) is 5.54. The molecule has 28 heavy (non-hydrogen) atoms. The molecule has 0 saturated carbocycles. The standard InChI is InChI=1S/C20H26N6S.HI/c1-14-12-23-19(27-14)10-11-22-20(21-4)24-13-18-15(2)25-26(16(18)3)17-8-6-5-7-9-17;/h5-9,12H,10-11,13H2,1-4H3,(H2,21,22,24);1H. The summed E-state index contributed by atoms with van der Waals surface area (Å²) in [6.45, 7) is 7.71. The van der Waals surface area contributed by atoms with Gasteiger partial charge in [0.05, 0.1) is 16.4 Å². The zero-order valence-electron chi connectivity index (χ0n) is 16.7. The summed E-state index contributed by atoms with van der Waals surface area (Å²) in [5.74, 6) is 0.787. The van der Waals surface area contributed by atoms with Crippen LogP contribution in [0.3, 0.4) is 0 Å². The van der Waals surface area contributed by atoms with E-state index in [1.54, 1.807) is 18.4 Å². The Morgan fingerprint density at radius 2 is 1.89 bits per heavy atom. The Balaban J connectivity index is 0.00000280. The second-order valence-electron chi connectivity index (χ2n) is 6.36. The number of hydrogen-bond acceptors (Lipinski definition) is 4. The number of rotatable bonds is 6. The first-order valence-electron chi connectivity index (χ1n) is 9.05. The molecule has 0 saturated heterocycles. The van der Waals surface area contributed by atoms with Gasteiger partial charge in [-0.2, -0.15) is 5.10 Å². The van der Waals surface area contributed by atoms with Crippen molar-refractivity contribution in [1.29, 1.82) is 0 Å². The van der Waals surface area contributed by atoms with Gasteiger partial charge in [0.25, 0.3) is 0 Å². The van der Waals surface area contributed by atoms with E-state index in [0.717, 1.165) is 41.0 Å². The lowest BCUT2D eigenvalue weighted by atomic mass is 10.2. The second kappa shape index (κ2) is 10.6. The van der Waals surface area contributed by atoms with Crippen molar-refractivity contribution in [2.75, 3.05) is 13.6 Å². The van der Waals surface area contributed by atoms with Crippen molar-refractivity contribution in [3.05, 3.63) is 63.4 Å². The van der Waals surface area contributed by atoms with Gasteiger partial charge in [-0.15, -0.1) is 35.3 Å². The van der Waals surface area contributed by atoms with Gasteiger partial charge in [0.1, 0.15) is 0 Å². The van der Waals surface area contributed by atoms with E-state index in [0.29, 0.717) is 6.54 Å². The number of nitrogens with zero attached hydrogens (tertiary/aromatic N) is 4. The monoisotopic (exact) mass is 510 g/mol. The third-order valence-electron chi connectivity index (χ3n) is 4.40. The number of guanidine groups is 1. The van der Waals surface area contributed by atoms with Gasteiger partial charge in [-0.05, 0) is 32.9 Å². The first-order valence-corrected chi connectivity index (χ1v) is 9.86. The molecule has 3 aromatic rings. The van der Waals surface area contributed by atoms with Gasteiger partial charge in [-0.25, -0.2) is 9.67 Å². The normalized spacial score (nSPS) is 11.2. The van der Waals surface area contributed by atoms with Gasteiger partial charge in [-0.3, -0.25) is 4.99 Å². The zero-order chi connectivity index (χ0) is 19.2. The molecule has 0 aliphatic heterocycles. The topological polar surface area (TPSA) is 67.1 Å². The number of benzene rings is 1. The minimum atomic E-state index is 0. The molecule has 3 rings (SSSR count). The highest BCUT2D eigenvalue weighted by Crippen LogP contribution is 2.17. The van der Waals surface area contributed by atoms with Crippen LogP contribution < -0.4 is 10.6 Å². The minimum absolute atomic E-state index is 0. The molecule has 0 bridgehead atoms. The summed E-state index contributed by atoms with van der Waals surface area (Å²) in [7, 11) is 1.79. The molecule has 0 fully saturated rings. The molecule has 8 heteroatoms. The number of para-hydroxylation sites is 1. The van der Waals surface area contributed by atoms with Crippen molar-refractivity contribution < 1.29 is 0 Å². The minimum Gasteiger partial charge on any atom is -0.356 e. The molecule has 0 unspecified atom stereocenters. The van der Waals surface area contributed by atoms with Crippen molar-refractivity contribution in [3.8, 4) is 5.69 Å². The van der Waals surface area contributed by atoms with Crippen molar-refractivity contribution in [2.45, 2.75) is 33.7 Å². The number of halogens is 1. The SMILES string of the molecule is CN=C(NCCc1ncc(C)s1)NCc1c(C)nn(-c2ccccc2)c1C.I. The van der Waals surface area contributed by atoms with Crippen LogP contribution in [0.15, 0.2) is 41.5 Å². The summed E-state index contributed by atoms with van der Waals surface area (Å²) in [6.07, 6.45) is 2.81. The fourth-order valence-corrected chi connectivity index (χ4v) is 3.74. The molecule has 0 amide bonds. The van der Waals surface area contributed by atoms with Crippen molar-refractivity contribution in [3.63, 3.8) is 0 Å². The van der Waals surface area contributed by atoms with Gasteiger partial charge < -0.3 is 10.6 Å². The number of hydrogen-bond donors (Lipinski definition) is 2. The summed E-state index contributed by atoms with van der Waals surface area (Å²) in [5, 5.41) is 12.6. The molecule has 0 spiro atoms. The van der Waals surface area contributed by atoms with E-state index in [1.165, 1.54) is 10.4 Å². The highest BCUT2D eigenvalue weighted by molar-refractivity contribution is 14.0. The molecular formula is C20H27IN6S. The molecule has 0 aliphatic carbocycles. The van der Waals surface area contributed by atoms with E-state index in [4.69, 9.17) is 5.10 Å². The van der Waals surface area contributed by atoms with E-state index in [-0.39, 0.29) is 24.0 Å². The molecule has 150 valence electrons. The molecule has 1 aromatic carbocycles. The summed E-state index contributed by atoms with van der Waals surface area (Å²) < 4.78 is 1.99. The summed E-state index contributed by atoms with van der Waals surface area (Å²) in [4.78, 5) is 9.95. The molecular weight excluding hydrogens is 483 g/mol. The predicted molar refractivity (Wildman–Crippen MR) is 127 cm³/mol. The van der Waals surface area contributed by atoms with Gasteiger partial charge in [0.2, 0.25) is 0 Å². The van der Waals surface area contributed by atoms with Crippen LogP contribution in [0.1, 0.15) is 26.8 Å². The van der Waals surface area contributed by atoms with E-state index < -0.39 is 0 Å². The number of thiazole rings is 1. The van der Waals surface area contributed by atoms with E-state index in [1.807, 2.05) is 36.0 Å². The smallest absolute Gasteiger partial charge is 0.191 e. The molecule has 0 aliphatic rings. The Morgan fingerprint density at radius 1 is 1.14 bits per heavy atom. The van der Waals surface area contributed by atoms with Crippen LogP contribution in [-0.4, -0.2) is 34.3 Å². The number of aromatic nitrogens is 3. The van der Waals surface area contributed by atoms with Crippen molar-refractivity contribution in [2.24, 2.45) is 4.99 Å². The molecule has 2 heterocycles. The van der Waals surface area contributed by atoms with Crippen molar-refractivity contribution >= 4 is 41.3 Å². The maximum atomic E-state index is 4.70. The first kappa shape index (κ1) is 22.4. The average Bonchev–Trinajstić information content (AvgIpc) is 3.22.